The lowest BCUT2D eigenvalue weighted by Crippen LogP contribution is -2.05. The molecule has 1 aromatic heterocycles. The lowest BCUT2D eigenvalue weighted by Gasteiger charge is -2.08. The predicted molar refractivity (Wildman–Crippen MR) is 73.1 cm³/mol. The molecule has 0 fully saturated rings. The van der Waals surface area contributed by atoms with E-state index in [-0.39, 0.29) is 0 Å². The van der Waals surface area contributed by atoms with Crippen molar-refractivity contribution in [2.75, 3.05) is 0 Å². The van der Waals surface area contributed by atoms with Gasteiger partial charge < -0.3 is 5.73 Å². The highest BCUT2D eigenvalue weighted by atomic mass is 32.2. The van der Waals surface area contributed by atoms with Gasteiger partial charge in [-0.15, -0.1) is 11.8 Å². The number of pyridine rings is 1. The maximum absolute atomic E-state index is 12.4. The Bertz CT molecular complexity index is 567. The minimum Gasteiger partial charge on any atom is -0.326 e. The van der Waals surface area contributed by atoms with Crippen molar-refractivity contribution in [3.63, 3.8) is 0 Å². The first-order valence-electron chi connectivity index (χ1n) is 5.93. The van der Waals surface area contributed by atoms with Crippen molar-refractivity contribution in [2.24, 2.45) is 5.73 Å². The van der Waals surface area contributed by atoms with Gasteiger partial charge in [0.05, 0.1) is 10.6 Å². The third-order valence-electron chi connectivity index (χ3n) is 2.78. The number of hydrogen-bond donors (Lipinski definition) is 1. The molecule has 2 rings (SSSR count). The zero-order chi connectivity index (χ0) is 14.6. The van der Waals surface area contributed by atoms with Crippen LogP contribution in [-0.2, 0) is 18.5 Å². The molecule has 0 bridgehead atoms. The molecular formula is C14H13F3N2S. The largest absolute Gasteiger partial charge is 0.417 e. The maximum Gasteiger partial charge on any atom is 0.417 e. The lowest BCUT2D eigenvalue weighted by atomic mass is 10.1. The van der Waals surface area contributed by atoms with Crippen molar-refractivity contribution in [1.29, 1.82) is 0 Å². The Kier molecular flexibility index (Phi) is 4.67. The SMILES string of the molecule is NCc1ccccc1CSc1ccc(C(F)(F)F)cn1. The number of halogens is 3. The van der Waals surface area contributed by atoms with Gasteiger partial charge in [-0.1, -0.05) is 24.3 Å². The van der Waals surface area contributed by atoms with Gasteiger partial charge in [-0.3, -0.25) is 0 Å². The second kappa shape index (κ2) is 6.28. The molecule has 1 aromatic carbocycles. The zero-order valence-electron chi connectivity index (χ0n) is 10.5. The molecule has 0 amide bonds. The molecule has 2 N–H and O–H groups in total. The molecule has 0 atom stereocenters. The van der Waals surface area contributed by atoms with Gasteiger partial charge in [0.1, 0.15) is 0 Å². The zero-order valence-corrected chi connectivity index (χ0v) is 11.3. The molecule has 20 heavy (non-hydrogen) atoms. The maximum atomic E-state index is 12.4. The van der Waals surface area contributed by atoms with Gasteiger partial charge in [0.15, 0.2) is 0 Å². The average molecular weight is 298 g/mol. The minimum absolute atomic E-state index is 0.442. The van der Waals surface area contributed by atoms with E-state index in [1.54, 1.807) is 0 Å². The quantitative estimate of drug-likeness (QED) is 0.871. The smallest absolute Gasteiger partial charge is 0.326 e. The molecule has 106 valence electrons. The fourth-order valence-corrected chi connectivity index (χ4v) is 2.56. The van der Waals surface area contributed by atoms with Crippen LogP contribution in [0.5, 0.6) is 0 Å². The number of nitrogens with two attached hydrogens (primary N) is 1. The second-order valence-electron chi connectivity index (χ2n) is 4.14. The minimum atomic E-state index is -4.34. The van der Waals surface area contributed by atoms with Crippen LogP contribution in [0, 0.1) is 0 Å². The van der Waals surface area contributed by atoms with Gasteiger partial charge in [-0.2, -0.15) is 13.2 Å². The van der Waals surface area contributed by atoms with Crippen molar-refractivity contribution < 1.29 is 13.2 Å². The summed E-state index contributed by atoms with van der Waals surface area (Å²) in [6.07, 6.45) is -3.49. The number of nitrogens with zero attached hydrogens (tertiary/aromatic N) is 1. The highest BCUT2D eigenvalue weighted by Gasteiger charge is 2.30. The average Bonchev–Trinajstić information content (AvgIpc) is 2.45. The summed E-state index contributed by atoms with van der Waals surface area (Å²) in [5, 5.41) is 0.560. The van der Waals surface area contributed by atoms with E-state index < -0.39 is 11.7 Å². The van der Waals surface area contributed by atoms with Crippen LogP contribution in [0.3, 0.4) is 0 Å². The highest BCUT2D eigenvalue weighted by Crippen LogP contribution is 2.30. The van der Waals surface area contributed by atoms with E-state index in [4.69, 9.17) is 5.73 Å². The summed E-state index contributed by atoms with van der Waals surface area (Å²) in [5.41, 5.74) is 7.01. The molecule has 0 spiro atoms. The van der Waals surface area contributed by atoms with Gasteiger partial charge in [0, 0.05) is 18.5 Å². The molecule has 0 aliphatic heterocycles. The Hall–Kier alpha value is -1.53. The monoisotopic (exact) mass is 298 g/mol. The molecule has 0 unspecified atom stereocenters. The van der Waals surface area contributed by atoms with Gasteiger partial charge in [-0.25, -0.2) is 4.98 Å². The fraction of sp³-hybridized carbons (Fsp3) is 0.214. The Balaban J connectivity index is 2.04. The van der Waals surface area contributed by atoms with Crippen molar-refractivity contribution >= 4 is 11.8 Å². The Morgan fingerprint density at radius 2 is 1.75 bits per heavy atom. The van der Waals surface area contributed by atoms with E-state index >= 15 is 0 Å². The predicted octanol–water partition coefficient (Wildman–Crippen LogP) is 3.85. The van der Waals surface area contributed by atoms with E-state index in [1.807, 2.05) is 24.3 Å². The molecule has 0 saturated carbocycles. The summed E-state index contributed by atoms with van der Waals surface area (Å²) < 4.78 is 37.2. The van der Waals surface area contributed by atoms with Crippen molar-refractivity contribution in [3.05, 3.63) is 59.3 Å². The number of hydrogen-bond acceptors (Lipinski definition) is 3. The normalized spacial score (nSPS) is 11.6. The Labute approximate surface area is 119 Å². The topological polar surface area (TPSA) is 38.9 Å². The highest BCUT2D eigenvalue weighted by molar-refractivity contribution is 7.98. The molecule has 0 aliphatic carbocycles. The number of benzene rings is 1. The van der Waals surface area contributed by atoms with E-state index in [0.717, 1.165) is 23.4 Å². The Morgan fingerprint density at radius 1 is 1.05 bits per heavy atom. The summed E-state index contributed by atoms with van der Waals surface area (Å²) in [6.45, 7) is 0.442. The second-order valence-corrected chi connectivity index (χ2v) is 5.14. The van der Waals surface area contributed by atoms with Gasteiger partial charge in [0.2, 0.25) is 0 Å². The number of alkyl halides is 3. The van der Waals surface area contributed by atoms with Gasteiger partial charge in [-0.05, 0) is 23.3 Å². The molecule has 2 nitrogen and oxygen atoms in total. The van der Waals surface area contributed by atoms with Crippen molar-refractivity contribution in [1.82, 2.24) is 4.98 Å². The molecule has 0 aliphatic rings. The number of aromatic nitrogens is 1. The molecule has 0 radical (unpaired) electrons. The van der Waals surface area contributed by atoms with E-state index in [0.29, 0.717) is 17.3 Å². The third-order valence-corrected chi connectivity index (χ3v) is 3.77. The van der Waals surface area contributed by atoms with Crippen LogP contribution in [0.25, 0.3) is 0 Å². The first-order valence-corrected chi connectivity index (χ1v) is 6.92. The Morgan fingerprint density at radius 3 is 2.30 bits per heavy atom. The summed E-state index contributed by atoms with van der Waals surface area (Å²) >= 11 is 1.39. The van der Waals surface area contributed by atoms with Crippen LogP contribution < -0.4 is 5.73 Å². The van der Waals surface area contributed by atoms with Crippen LogP contribution in [0.2, 0.25) is 0 Å². The standard InChI is InChI=1S/C14H13F3N2S/c15-14(16,17)12-5-6-13(19-8-12)20-9-11-4-2-1-3-10(11)7-18/h1-6,8H,7,9,18H2. The van der Waals surface area contributed by atoms with Gasteiger partial charge in [0.25, 0.3) is 0 Å². The first-order chi connectivity index (χ1) is 9.50. The number of rotatable bonds is 4. The lowest BCUT2D eigenvalue weighted by molar-refractivity contribution is -0.137. The van der Waals surface area contributed by atoms with Crippen LogP contribution in [0.4, 0.5) is 13.2 Å². The molecule has 6 heteroatoms. The van der Waals surface area contributed by atoms with Crippen LogP contribution in [-0.4, -0.2) is 4.98 Å². The third kappa shape index (κ3) is 3.74. The first kappa shape index (κ1) is 14.9. The fourth-order valence-electron chi connectivity index (χ4n) is 1.68. The molecular weight excluding hydrogens is 285 g/mol. The van der Waals surface area contributed by atoms with Crippen LogP contribution >= 0.6 is 11.8 Å². The molecule has 1 heterocycles. The summed E-state index contributed by atoms with van der Waals surface area (Å²) in [5.74, 6) is 0.631. The van der Waals surface area contributed by atoms with Gasteiger partial charge >= 0.3 is 6.18 Å². The van der Waals surface area contributed by atoms with E-state index in [2.05, 4.69) is 4.98 Å². The van der Waals surface area contributed by atoms with Crippen molar-refractivity contribution in [2.45, 2.75) is 23.5 Å². The van der Waals surface area contributed by atoms with Crippen LogP contribution in [0.15, 0.2) is 47.6 Å². The van der Waals surface area contributed by atoms with Crippen molar-refractivity contribution in [3.8, 4) is 0 Å². The summed E-state index contributed by atoms with van der Waals surface area (Å²) in [4.78, 5) is 3.83. The molecule has 2 aromatic rings. The summed E-state index contributed by atoms with van der Waals surface area (Å²) in [7, 11) is 0. The van der Waals surface area contributed by atoms with E-state index in [1.165, 1.54) is 17.8 Å². The van der Waals surface area contributed by atoms with E-state index in [9.17, 15) is 13.2 Å². The molecule has 0 saturated heterocycles. The number of thioether (sulfide) groups is 1. The summed E-state index contributed by atoms with van der Waals surface area (Å²) in [6, 6.07) is 10.2. The van der Waals surface area contributed by atoms with Crippen LogP contribution in [0.1, 0.15) is 16.7 Å².